The summed E-state index contributed by atoms with van der Waals surface area (Å²) < 4.78 is 49.0. The third-order valence-corrected chi connectivity index (χ3v) is 5.41. The number of hydrogen-bond donors (Lipinski definition) is 1. The van der Waals surface area contributed by atoms with Gasteiger partial charge in [0.15, 0.2) is 5.76 Å². The van der Waals surface area contributed by atoms with Crippen LogP contribution in [-0.4, -0.2) is 11.5 Å². The van der Waals surface area contributed by atoms with Crippen LogP contribution < -0.4 is 5.73 Å². The van der Waals surface area contributed by atoms with E-state index in [0.717, 1.165) is 28.1 Å². The fourth-order valence-corrected chi connectivity index (χ4v) is 3.70. The summed E-state index contributed by atoms with van der Waals surface area (Å²) in [7, 11) is 0. The number of benzene rings is 1. The van der Waals surface area contributed by atoms with Gasteiger partial charge in [-0.1, -0.05) is 23.9 Å². The van der Waals surface area contributed by atoms with E-state index in [0.29, 0.717) is 27.8 Å². The van der Waals surface area contributed by atoms with E-state index in [2.05, 4.69) is 16.7 Å². The van der Waals surface area contributed by atoms with E-state index in [1.54, 1.807) is 6.07 Å². The fraction of sp³-hybridized carbons (Fsp3) is 0.200. The highest BCUT2D eigenvalue weighted by Gasteiger charge is 2.30. The third kappa shape index (κ3) is 4.51. The predicted octanol–water partition coefficient (Wildman–Crippen LogP) is 5.84. The Labute approximate surface area is 169 Å². The largest absolute Gasteiger partial charge is 0.485 e. The lowest BCUT2D eigenvalue weighted by atomic mass is 10.1. The van der Waals surface area contributed by atoms with Crippen LogP contribution in [0.4, 0.5) is 18.2 Å². The Balaban J connectivity index is 1.71. The summed E-state index contributed by atoms with van der Waals surface area (Å²) in [5.41, 5.74) is 7.39. The van der Waals surface area contributed by atoms with Crippen molar-refractivity contribution in [1.29, 1.82) is 0 Å². The summed E-state index contributed by atoms with van der Waals surface area (Å²) >= 11 is 1.49. The number of halogens is 3. The molecule has 0 saturated heterocycles. The molecule has 0 unspecified atom stereocenters. The van der Waals surface area contributed by atoms with Crippen molar-refractivity contribution in [3.63, 3.8) is 0 Å². The molecule has 9 heteroatoms. The molecule has 3 rings (SSSR count). The molecule has 0 saturated carbocycles. The number of aromatic nitrogens is 1. The Morgan fingerprint density at radius 1 is 1.31 bits per heavy atom. The summed E-state index contributed by atoms with van der Waals surface area (Å²) in [4.78, 5) is 5.23. The van der Waals surface area contributed by atoms with Crippen molar-refractivity contribution >= 4 is 28.4 Å². The van der Waals surface area contributed by atoms with Crippen LogP contribution in [0.3, 0.4) is 0 Å². The van der Waals surface area contributed by atoms with Crippen LogP contribution in [0, 0.1) is 13.8 Å². The Morgan fingerprint density at radius 2 is 2.00 bits per heavy atom. The Kier molecular flexibility index (Phi) is 5.78. The van der Waals surface area contributed by atoms with E-state index < -0.39 is 11.7 Å². The minimum absolute atomic E-state index is 0.0621. The van der Waals surface area contributed by atoms with Gasteiger partial charge in [-0.2, -0.15) is 13.2 Å². The molecule has 29 heavy (non-hydrogen) atoms. The van der Waals surface area contributed by atoms with Crippen molar-refractivity contribution in [2.24, 2.45) is 10.7 Å². The number of nitrogens with two attached hydrogens (primary N) is 1. The van der Waals surface area contributed by atoms with Gasteiger partial charge < -0.3 is 15.0 Å². The summed E-state index contributed by atoms with van der Waals surface area (Å²) in [6.07, 6.45) is -3.17. The summed E-state index contributed by atoms with van der Waals surface area (Å²) in [6, 6.07) is 6.31. The summed E-state index contributed by atoms with van der Waals surface area (Å²) in [5.74, 6) is 0.828. The second-order valence-electron chi connectivity index (χ2n) is 6.21. The van der Waals surface area contributed by atoms with Crippen LogP contribution in [0.1, 0.15) is 27.3 Å². The van der Waals surface area contributed by atoms with Crippen LogP contribution >= 0.6 is 11.3 Å². The predicted molar refractivity (Wildman–Crippen MR) is 107 cm³/mol. The summed E-state index contributed by atoms with van der Waals surface area (Å²) in [5, 5.41) is 4.60. The average molecular weight is 421 g/mol. The van der Waals surface area contributed by atoms with E-state index in [-0.39, 0.29) is 6.61 Å². The zero-order valence-corrected chi connectivity index (χ0v) is 16.5. The van der Waals surface area contributed by atoms with E-state index in [1.807, 2.05) is 13.8 Å². The lowest BCUT2D eigenvalue weighted by Crippen LogP contribution is -2.03. The number of hydrogen-bond acceptors (Lipinski definition) is 5. The number of alkyl halides is 3. The molecular weight excluding hydrogens is 403 g/mol. The van der Waals surface area contributed by atoms with Gasteiger partial charge in [0.05, 0.1) is 17.5 Å². The van der Waals surface area contributed by atoms with Gasteiger partial charge in [-0.05, 0) is 31.5 Å². The second-order valence-corrected chi connectivity index (χ2v) is 7.41. The molecule has 2 heterocycles. The fourth-order valence-electron chi connectivity index (χ4n) is 2.67. The molecule has 0 spiro atoms. The summed E-state index contributed by atoms with van der Waals surface area (Å²) in [6.45, 7) is 7.94. The average Bonchev–Trinajstić information content (AvgIpc) is 3.25. The molecule has 3 aromatic rings. The van der Waals surface area contributed by atoms with Crippen LogP contribution in [0.2, 0.25) is 0 Å². The maximum Gasteiger partial charge on any atom is 0.416 e. The first-order valence-electron chi connectivity index (χ1n) is 8.50. The van der Waals surface area contributed by atoms with Gasteiger partial charge in [-0.25, -0.2) is 4.99 Å². The highest BCUT2D eigenvalue weighted by Crippen LogP contribution is 2.39. The first-order chi connectivity index (χ1) is 13.7. The molecule has 1 aromatic carbocycles. The van der Waals surface area contributed by atoms with Crippen molar-refractivity contribution in [2.75, 3.05) is 0 Å². The number of nitrogens with zero attached hydrogens (tertiary/aromatic N) is 2. The monoisotopic (exact) mass is 421 g/mol. The minimum atomic E-state index is -4.38. The first kappa shape index (κ1) is 20.7. The van der Waals surface area contributed by atoms with Crippen molar-refractivity contribution in [3.05, 3.63) is 64.2 Å². The van der Waals surface area contributed by atoms with Crippen LogP contribution in [0.5, 0.6) is 0 Å². The quantitative estimate of drug-likeness (QED) is 0.308. The second kappa shape index (κ2) is 8.12. The highest BCUT2D eigenvalue weighted by molar-refractivity contribution is 7.16. The highest BCUT2D eigenvalue weighted by atomic mass is 32.1. The number of rotatable bonds is 6. The normalized spacial score (nSPS) is 11.9. The molecule has 152 valence electrons. The maximum atomic E-state index is 12.7. The van der Waals surface area contributed by atoms with E-state index >= 15 is 0 Å². The van der Waals surface area contributed by atoms with Crippen molar-refractivity contribution in [1.82, 2.24) is 5.16 Å². The van der Waals surface area contributed by atoms with Crippen molar-refractivity contribution < 1.29 is 22.4 Å². The molecule has 0 bridgehead atoms. The number of aliphatic imine (C=N–C) groups is 1. The standard InChI is InChI=1S/C20H18F3N3O2S/c1-11-13(3)29-19(25-10-24)18(11)12(2)27-9-16-8-17(26-28-16)14-4-6-15(7-5-14)20(21,22)23/h4-8,10H,2,9H2,1,3H3,(H2,24,25). The molecule has 0 aliphatic heterocycles. The molecule has 0 radical (unpaired) electrons. The molecule has 0 atom stereocenters. The van der Waals surface area contributed by atoms with Crippen LogP contribution in [0.15, 0.2) is 46.4 Å². The number of aryl methyl sites for hydroxylation is 1. The SMILES string of the molecule is C=C(OCc1cc(-c2ccc(C(F)(F)F)cc2)no1)c1c(N=CN)sc(C)c1C. The lowest BCUT2D eigenvalue weighted by Gasteiger charge is -2.08. The molecule has 0 fully saturated rings. The topological polar surface area (TPSA) is 73.6 Å². The molecule has 2 aromatic heterocycles. The van der Waals surface area contributed by atoms with E-state index in [1.165, 1.54) is 29.8 Å². The molecule has 0 aliphatic carbocycles. The lowest BCUT2D eigenvalue weighted by molar-refractivity contribution is -0.137. The van der Waals surface area contributed by atoms with Gasteiger partial charge in [0.1, 0.15) is 23.1 Å². The van der Waals surface area contributed by atoms with Crippen molar-refractivity contribution in [2.45, 2.75) is 26.6 Å². The van der Waals surface area contributed by atoms with Gasteiger partial charge in [0.2, 0.25) is 0 Å². The van der Waals surface area contributed by atoms with Gasteiger partial charge in [-0.3, -0.25) is 0 Å². The Hall–Kier alpha value is -3.07. The molecule has 5 nitrogen and oxygen atoms in total. The number of ether oxygens (including phenoxy) is 1. The van der Waals surface area contributed by atoms with E-state index in [9.17, 15) is 13.2 Å². The molecule has 0 aliphatic rings. The van der Waals surface area contributed by atoms with Gasteiger partial charge in [0, 0.05) is 16.5 Å². The zero-order valence-electron chi connectivity index (χ0n) is 15.7. The minimum Gasteiger partial charge on any atom is -0.485 e. The Morgan fingerprint density at radius 3 is 2.62 bits per heavy atom. The van der Waals surface area contributed by atoms with Crippen molar-refractivity contribution in [3.8, 4) is 11.3 Å². The number of thiophene rings is 1. The Bertz CT molecular complexity index is 1050. The first-order valence-corrected chi connectivity index (χ1v) is 9.32. The van der Waals surface area contributed by atoms with E-state index in [4.69, 9.17) is 15.0 Å². The zero-order chi connectivity index (χ0) is 21.2. The smallest absolute Gasteiger partial charge is 0.416 e. The van der Waals surface area contributed by atoms with Crippen LogP contribution in [0.25, 0.3) is 17.0 Å². The van der Waals surface area contributed by atoms with Gasteiger partial charge in [0.25, 0.3) is 0 Å². The maximum absolute atomic E-state index is 12.7. The van der Waals surface area contributed by atoms with Crippen LogP contribution in [-0.2, 0) is 17.5 Å². The molecule has 2 N–H and O–H groups in total. The van der Waals surface area contributed by atoms with Gasteiger partial charge >= 0.3 is 6.18 Å². The molecule has 0 amide bonds. The van der Waals surface area contributed by atoms with Gasteiger partial charge in [-0.15, -0.1) is 11.3 Å². The third-order valence-electron chi connectivity index (χ3n) is 4.29. The molecular formula is C20H18F3N3O2S.